The molecule has 0 atom stereocenters. The molecule has 0 spiro atoms. The maximum Gasteiger partial charge on any atom is 0.323 e. The first-order valence-electron chi connectivity index (χ1n) is 6.14. The molecule has 0 fully saturated rings. The van der Waals surface area contributed by atoms with E-state index < -0.39 is 0 Å². The van der Waals surface area contributed by atoms with Gasteiger partial charge in [0.1, 0.15) is 0 Å². The molecule has 0 unspecified atom stereocenters. The lowest BCUT2D eigenvalue weighted by Crippen LogP contribution is -2.15. The van der Waals surface area contributed by atoms with E-state index in [9.17, 15) is 0 Å². The maximum absolute atomic E-state index is 6.12. The Balaban J connectivity index is 2.46. The Morgan fingerprint density at radius 3 is 2.60 bits per heavy atom. The molecule has 0 aliphatic carbocycles. The maximum atomic E-state index is 6.12. The molecular formula is C11H16ClN7O. The Labute approximate surface area is 121 Å². The number of nitrogen functional groups attached to an aromatic ring is 1. The molecule has 0 saturated carbocycles. The Hall–Kier alpha value is -1.93. The van der Waals surface area contributed by atoms with E-state index in [0.717, 1.165) is 12.1 Å². The second kappa shape index (κ2) is 6.02. The van der Waals surface area contributed by atoms with Crippen molar-refractivity contribution in [3.8, 4) is 12.0 Å². The minimum atomic E-state index is 0.188. The van der Waals surface area contributed by atoms with Crippen LogP contribution in [0.15, 0.2) is 0 Å². The number of anilines is 1. The molecule has 2 heterocycles. The Morgan fingerprint density at radius 2 is 2.05 bits per heavy atom. The SMILES string of the molecule is CCCOc1nc(NN)nc(-n2nc(C)c(Cl)c2C)n1. The molecule has 0 aliphatic heterocycles. The van der Waals surface area contributed by atoms with E-state index in [-0.39, 0.29) is 12.0 Å². The molecular weight excluding hydrogens is 282 g/mol. The molecule has 8 nitrogen and oxygen atoms in total. The zero-order chi connectivity index (χ0) is 14.7. The number of aromatic nitrogens is 5. The van der Waals surface area contributed by atoms with Gasteiger partial charge in [-0.1, -0.05) is 18.5 Å². The van der Waals surface area contributed by atoms with Gasteiger partial charge in [-0.2, -0.15) is 20.1 Å². The topological polar surface area (TPSA) is 104 Å². The van der Waals surface area contributed by atoms with Crippen molar-refractivity contribution in [1.82, 2.24) is 24.7 Å². The molecule has 0 radical (unpaired) electrons. The van der Waals surface area contributed by atoms with Crippen LogP contribution in [0.3, 0.4) is 0 Å². The van der Waals surface area contributed by atoms with E-state index in [1.165, 1.54) is 4.68 Å². The number of halogens is 1. The van der Waals surface area contributed by atoms with Crippen LogP contribution < -0.4 is 16.0 Å². The van der Waals surface area contributed by atoms with E-state index in [4.69, 9.17) is 22.2 Å². The van der Waals surface area contributed by atoms with Gasteiger partial charge >= 0.3 is 6.01 Å². The summed E-state index contributed by atoms with van der Waals surface area (Å²) in [6.45, 7) is 6.13. The van der Waals surface area contributed by atoms with Crippen LogP contribution in [0.5, 0.6) is 6.01 Å². The summed E-state index contributed by atoms with van der Waals surface area (Å²) in [6.07, 6.45) is 0.845. The fourth-order valence-electron chi connectivity index (χ4n) is 1.58. The summed E-state index contributed by atoms with van der Waals surface area (Å²) >= 11 is 6.12. The third-order valence-corrected chi connectivity index (χ3v) is 3.11. The van der Waals surface area contributed by atoms with Crippen molar-refractivity contribution in [3.05, 3.63) is 16.4 Å². The number of rotatable bonds is 5. The molecule has 0 aliphatic rings. The fourth-order valence-corrected chi connectivity index (χ4v) is 1.70. The van der Waals surface area contributed by atoms with Gasteiger partial charge in [-0.05, 0) is 20.3 Å². The third kappa shape index (κ3) is 2.81. The first kappa shape index (κ1) is 14.5. The summed E-state index contributed by atoms with van der Waals surface area (Å²) in [5.74, 6) is 5.85. The van der Waals surface area contributed by atoms with Gasteiger partial charge in [0.2, 0.25) is 5.95 Å². The summed E-state index contributed by atoms with van der Waals surface area (Å²) < 4.78 is 6.93. The molecule has 3 N–H and O–H groups in total. The van der Waals surface area contributed by atoms with Crippen LogP contribution in [0, 0.1) is 13.8 Å². The van der Waals surface area contributed by atoms with Crippen molar-refractivity contribution < 1.29 is 4.74 Å². The highest BCUT2D eigenvalue weighted by Gasteiger charge is 2.15. The van der Waals surface area contributed by atoms with Crippen LogP contribution in [0.25, 0.3) is 5.95 Å². The molecule has 0 saturated heterocycles. The lowest BCUT2D eigenvalue weighted by Gasteiger charge is -2.08. The van der Waals surface area contributed by atoms with Crippen LogP contribution in [-0.2, 0) is 0 Å². The van der Waals surface area contributed by atoms with Crippen LogP contribution in [-0.4, -0.2) is 31.3 Å². The predicted molar refractivity (Wildman–Crippen MR) is 75.0 cm³/mol. The second-order valence-electron chi connectivity index (χ2n) is 4.13. The average molecular weight is 298 g/mol. The average Bonchev–Trinajstić information content (AvgIpc) is 2.72. The highest BCUT2D eigenvalue weighted by atomic mass is 35.5. The highest BCUT2D eigenvalue weighted by Crippen LogP contribution is 2.21. The zero-order valence-electron chi connectivity index (χ0n) is 11.5. The van der Waals surface area contributed by atoms with Crippen LogP contribution in [0.2, 0.25) is 5.02 Å². The molecule has 108 valence electrons. The number of aryl methyl sites for hydroxylation is 1. The molecule has 2 rings (SSSR count). The van der Waals surface area contributed by atoms with E-state index in [2.05, 4.69) is 25.5 Å². The number of hydrogen-bond acceptors (Lipinski definition) is 7. The summed E-state index contributed by atoms with van der Waals surface area (Å²) in [6, 6.07) is 0.188. The lowest BCUT2D eigenvalue weighted by atomic mass is 10.4. The van der Waals surface area contributed by atoms with E-state index in [1.54, 1.807) is 0 Å². The second-order valence-corrected chi connectivity index (χ2v) is 4.51. The van der Waals surface area contributed by atoms with E-state index in [0.29, 0.717) is 23.3 Å². The normalized spacial score (nSPS) is 10.7. The number of nitrogens with two attached hydrogens (primary N) is 1. The van der Waals surface area contributed by atoms with Crippen molar-refractivity contribution in [3.63, 3.8) is 0 Å². The van der Waals surface area contributed by atoms with Gasteiger partial charge in [0.05, 0.1) is 23.0 Å². The van der Waals surface area contributed by atoms with Gasteiger partial charge in [-0.3, -0.25) is 5.43 Å². The zero-order valence-corrected chi connectivity index (χ0v) is 12.3. The number of nitrogens with one attached hydrogen (secondary N) is 1. The number of hydrogen-bond donors (Lipinski definition) is 2. The summed E-state index contributed by atoms with van der Waals surface area (Å²) in [5.41, 5.74) is 3.81. The van der Waals surface area contributed by atoms with Crippen LogP contribution >= 0.6 is 11.6 Å². The quantitative estimate of drug-likeness (QED) is 0.635. The molecule has 2 aromatic rings. The molecule has 0 aromatic carbocycles. The predicted octanol–water partition coefficient (Wildman–Crippen LogP) is 1.40. The van der Waals surface area contributed by atoms with Crippen LogP contribution in [0.1, 0.15) is 24.7 Å². The standard InChI is InChI=1S/C11H16ClN7O/c1-4-5-20-11-15-9(17-13)14-10(16-11)19-7(3)8(12)6(2)18-19/h4-5,13H2,1-3H3,(H,14,15,16,17). The lowest BCUT2D eigenvalue weighted by molar-refractivity contribution is 0.291. The number of hydrazine groups is 1. The first-order chi connectivity index (χ1) is 9.56. The summed E-state index contributed by atoms with van der Waals surface area (Å²) in [4.78, 5) is 12.4. The smallest absolute Gasteiger partial charge is 0.323 e. The van der Waals surface area contributed by atoms with Crippen LogP contribution in [0.4, 0.5) is 5.95 Å². The fraction of sp³-hybridized carbons (Fsp3) is 0.455. The van der Waals surface area contributed by atoms with Gasteiger partial charge < -0.3 is 4.74 Å². The summed E-state index contributed by atoms with van der Waals surface area (Å²) in [5, 5.41) is 4.86. The van der Waals surface area contributed by atoms with E-state index >= 15 is 0 Å². The van der Waals surface area contributed by atoms with Gasteiger partial charge in [-0.25, -0.2) is 10.5 Å². The van der Waals surface area contributed by atoms with Crippen molar-refractivity contribution in [2.24, 2.45) is 5.84 Å². The van der Waals surface area contributed by atoms with Gasteiger partial charge in [-0.15, -0.1) is 0 Å². The Morgan fingerprint density at radius 1 is 1.30 bits per heavy atom. The third-order valence-electron chi connectivity index (χ3n) is 2.56. The highest BCUT2D eigenvalue weighted by molar-refractivity contribution is 6.31. The molecule has 2 aromatic heterocycles. The minimum absolute atomic E-state index is 0.188. The van der Waals surface area contributed by atoms with Crippen molar-refractivity contribution in [2.75, 3.05) is 12.0 Å². The van der Waals surface area contributed by atoms with Crippen molar-refractivity contribution in [1.29, 1.82) is 0 Å². The van der Waals surface area contributed by atoms with Gasteiger partial charge in [0, 0.05) is 0 Å². The Kier molecular flexibility index (Phi) is 4.35. The monoisotopic (exact) mass is 297 g/mol. The molecule has 0 bridgehead atoms. The van der Waals surface area contributed by atoms with Crippen molar-refractivity contribution in [2.45, 2.75) is 27.2 Å². The number of ether oxygens (including phenoxy) is 1. The van der Waals surface area contributed by atoms with E-state index in [1.807, 2.05) is 20.8 Å². The molecule has 20 heavy (non-hydrogen) atoms. The van der Waals surface area contributed by atoms with Gasteiger partial charge in [0.15, 0.2) is 0 Å². The largest absolute Gasteiger partial charge is 0.463 e. The Bertz CT molecular complexity index is 613. The molecule has 9 heteroatoms. The van der Waals surface area contributed by atoms with Gasteiger partial charge in [0.25, 0.3) is 5.95 Å². The molecule has 0 amide bonds. The summed E-state index contributed by atoms with van der Waals surface area (Å²) in [7, 11) is 0. The number of nitrogens with zero attached hydrogens (tertiary/aromatic N) is 5. The first-order valence-corrected chi connectivity index (χ1v) is 6.52. The minimum Gasteiger partial charge on any atom is -0.463 e. The van der Waals surface area contributed by atoms with Crippen molar-refractivity contribution >= 4 is 17.5 Å².